The van der Waals surface area contributed by atoms with Gasteiger partial charge in [0.15, 0.2) is 0 Å². The van der Waals surface area contributed by atoms with Crippen LogP contribution in [0.4, 0.5) is 0 Å². The summed E-state index contributed by atoms with van der Waals surface area (Å²) in [4.78, 5) is 2.26. The maximum absolute atomic E-state index is 10.7. The fourth-order valence-corrected chi connectivity index (χ4v) is 4.06. The molecule has 1 aromatic heterocycles. The second-order valence-corrected chi connectivity index (χ2v) is 10.1. The molecule has 0 saturated heterocycles. The highest BCUT2D eigenvalue weighted by Crippen LogP contribution is 2.32. The lowest BCUT2D eigenvalue weighted by atomic mass is 10.1. The van der Waals surface area contributed by atoms with Gasteiger partial charge in [-0.25, -0.2) is 4.68 Å². The Kier molecular flexibility index (Phi) is 10.3. The Hall–Kier alpha value is -2.87. The van der Waals surface area contributed by atoms with Gasteiger partial charge in [0.2, 0.25) is 5.88 Å². The number of methoxy groups -OCH3 is 1. The molecule has 1 heterocycles. The molecular formula is C29H41N3O4. The molecule has 0 fully saturated rings. The van der Waals surface area contributed by atoms with Gasteiger partial charge in [0, 0.05) is 26.2 Å². The predicted octanol–water partition coefficient (Wildman–Crippen LogP) is 5.47. The lowest BCUT2D eigenvalue weighted by Crippen LogP contribution is -2.37. The number of ether oxygens (including phenoxy) is 3. The van der Waals surface area contributed by atoms with Crippen LogP contribution >= 0.6 is 0 Å². The number of para-hydroxylation sites is 1. The summed E-state index contributed by atoms with van der Waals surface area (Å²) in [6, 6.07) is 17.5. The van der Waals surface area contributed by atoms with Crippen LogP contribution in [-0.4, -0.2) is 59.3 Å². The molecule has 7 heteroatoms. The van der Waals surface area contributed by atoms with Gasteiger partial charge in [0.05, 0.1) is 36.8 Å². The smallest absolute Gasteiger partial charge is 0.227 e. The van der Waals surface area contributed by atoms with E-state index < -0.39 is 6.10 Å². The minimum Gasteiger partial charge on any atom is -0.497 e. The maximum atomic E-state index is 10.7. The molecule has 196 valence electrons. The summed E-state index contributed by atoms with van der Waals surface area (Å²) in [5.41, 5.74) is 2.81. The van der Waals surface area contributed by atoms with E-state index in [9.17, 15) is 5.11 Å². The van der Waals surface area contributed by atoms with E-state index in [1.165, 1.54) is 0 Å². The van der Waals surface area contributed by atoms with Crippen LogP contribution in [0.5, 0.6) is 17.4 Å². The van der Waals surface area contributed by atoms with E-state index in [4.69, 9.17) is 19.3 Å². The second-order valence-electron chi connectivity index (χ2n) is 10.1. The number of rotatable bonds is 14. The molecular weight excluding hydrogens is 454 g/mol. The van der Waals surface area contributed by atoms with Crippen LogP contribution in [0.25, 0.3) is 5.69 Å². The standard InChI is InChI=1S/C29H41N3O4/c1-21(2)16-31(17-25(33)20-35-19-22(3)4)18-28-23(5)30-32(24-10-8-7-9-11-24)29(28)36-27-14-12-26(34-6)13-15-27/h7-15,21-22,25,33H,16-20H2,1-6H3. The van der Waals surface area contributed by atoms with Crippen LogP contribution in [0.2, 0.25) is 0 Å². The van der Waals surface area contributed by atoms with Crippen LogP contribution in [0, 0.1) is 18.8 Å². The summed E-state index contributed by atoms with van der Waals surface area (Å²) in [6.45, 7) is 13.5. The molecule has 3 rings (SSSR count). The topological polar surface area (TPSA) is 69.0 Å². The normalized spacial score (nSPS) is 12.5. The van der Waals surface area contributed by atoms with Crippen LogP contribution in [0.3, 0.4) is 0 Å². The Labute approximate surface area is 215 Å². The van der Waals surface area contributed by atoms with Gasteiger partial charge >= 0.3 is 0 Å². The number of hydrogen-bond donors (Lipinski definition) is 1. The third kappa shape index (κ3) is 8.08. The van der Waals surface area contributed by atoms with Crippen molar-refractivity contribution in [1.29, 1.82) is 0 Å². The largest absolute Gasteiger partial charge is 0.497 e. The third-order valence-corrected chi connectivity index (χ3v) is 5.65. The highest BCUT2D eigenvalue weighted by molar-refractivity contribution is 5.44. The fraction of sp³-hybridized carbons (Fsp3) is 0.483. The molecule has 1 atom stereocenters. The van der Waals surface area contributed by atoms with E-state index in [-0.39, 0.29) is 0 Å². The molecule has 2 aromatic carbocycles. The molecule has 1 unspecified atom stereocenters. The van der Waals surface area contributed by atoms with E-state index in [1.807, 2.05) is 66.2 Å². The van der Waals surface area contributed by atoms with Gasteiger partial charge < -0.3 is 19.3 Å². The molecule has 0 aliphatic heterocycles. The maximum Gasteiger partial charge on any atom is 0.227 e. The zero-order valence-electron chi connectivity index (χ0n) is 22.5. The van der Waals surface area contributed by atoms with Crippen molar-refractivity contribution in [3.8, 4) is 23.1 Å². The van der Waals surface area contributed by atoms with Gasteiger partial charge in [-0.05, 0) is 55.2 Å². The second kappa shape index (κ2) is 13.4. The Balaban J connectivity index is 1.90. The van der Waals surface area contributed by atoms with Gasteiger partial charge in [0.25, 0.3) is 0 Å². The van der Waals surface area contributed by atoms with E-state index in [2.05, 4.69) is 32.6 Å². The molecule has 0 amide bonds. The zero-order chi connectivity index (χ0) is 26.1. The molecule has 0 spiro atoms. The molecule has 36 heavy (non-hydrogen) atoms. The minimum atomic E-state index is -0.571. The average Bonchev–Trinajstić information content (AvgIpc) is 3.14. The first-order valence-electron chi connectivity index (χ1n) is 12.7. The van der Waals surface area contributed by atoms with E-state index in [1.54, 1.807) is 7.11 Å². The van der Waals surface area contributed by atoms with Crippen molar-refractivity contribution in [2.75, 3.05) is 33.4 Å². The Morgan fingerprint density at radius 2 is 1.56 bits per heavy atom. The molecule has 0 bridgehead atoms. The highest BCUT2D eigenvalue weighted by Gasteiger charge is 2.23. The summed E-state index contributed by atoms with van der Waals surface area (Å²) in [5.74, 6) is 3.01. The lowest BCUT2D eigenvalue weighted by molar-refractivity contribution is 0.00511. The number of aromatic nitrogens is 2. The molecule has 0 radical (unpaired) electrons. The molecule has 1 N–H and O–H groups in total. The predicted molar refractivity (Wildman–Crippen MR) is 143 cm³/mol. The molecule has 7 nitrogen and oxygen atoms in total. The first-order chi connectivity index (χ1) is 17.3. The number of aliphatic hydroxyl groups excluding tert-OH is 1. The van der Waals surface area contributed by atoms with Gasteiger partial charge in [0.1, 0.15) is 11.5 Å². The molecule has 0 aliphatic rings. The molecule has 3 aromatic rings. The summed E-state index contributed by atoms with van der Waals surface area (Å²) >= 11 is 0. The SMILES string of the molecule is COc1ccc(Oc2c(CN(CC(C)C)CC(O)COCC(C)C)c(C)nn2-c2ccccc2)cc1. The van der Waals surface area contributed by atoms with Gasteiger partial charge in [-0.1, -0.05) is 45.9 Å². The van der Waals surface area contributed by atoms with Gasteiger partial charge in [-0.15, -0.1) is 0 Å². The number of benzene rings is 2. The highest BCUT2D eigenvalue weighted by atomic mass is 16.5. The summed E-state index contributed by atoms with van der Waals surface area (Å²) in [6.07, 6.45) is -0.571. The fourth-order valence-electron chi connectivity index (χ4n) is 4.06. The summed E-state index contributed by atoms with van der Waals surface area (Å²) in [5, 5.41) is 15.5. The lowest BCUT2D eigenvalue weighted by Gasteiger charge is -2.27. The average molecular weight is 496 g/mol. The third-order valence-electron chi connectivity index (χ3n) is 5.65. The Morgan fingerprint density at radius 3 is 2.17 bits per heavy atom. The number of aliphatic hydroxyl groups is 1. The quantitative estimate of drug-likeness (QED) is 0.320. The summed E-state index contributed by atoms with van der Waals surface area (Å²) < 4.78 is 19.3. The Morgan fingerprint density at radius 1 is 0.889 bits per heavy atom. The van der Waals surface area contributed by atoms with Crippen LogP contribution < -0.4 is 9.47 Å². The van der Waals surface area contributed by atoms with E-state index in [0.717, 1.165) is 29.2 Å². The van der Waals surface area contributed by atoms with Crippen molar-refractivity contribution in [3.63, 3.8) is 0 Å². The van der Waals surface area contributed by atoms with Crippen LogP contribution in [0.15, 0.2) is 54.6 Å². The number of aryl methyl sites for hydroxylation is 1. The first-order valence-corrected chi connectivity index (χ1v) is 12.7. The van der Waals surface area contributed by atoms with Crippen molar-refractivity contribution in [3.05, 3.63) is 65.9 Å². The minimum absolute atomic E-state index is 0.324. The van der Waals surface area contributed by atoms with Crippen molar-refractivity contribution >= 4 is 0 Å². The molecule has 0 saturated carbocycles. The first kappa shape index (κ1) is 27.7. The van der Waals surface area contributed by atoms with Crippen molar-refractivity contribution in [2.45, 2.75) is 47.3 Å². The molecule has 0 aliphatic carbocycles. The van der Waals surface area contributed by atoms with Gasteiger partial charge in [-0.3, -0.25) is 4.90 Å². The van der Waals surface area contributed by atoms with Crippen LogP contribution in [-0.2, 0) is 11.3 Å². The van der Waals surface area contributed by atoms with Crippen LogP contribution in [0.1, 0.15) is 39.0 Å². The Bertz CT molecular complexity index is 1050. The van der Waals surface area contributed by atoms with Crippen molar-refractivity contribution < 1.29 is 19.3 Å². The van der Waals surface area contributed by atoms with E-state index >= 15 is 0 Å². The summed E-state index contributed by atoms with van der Waals surface area (Å²) in [7, 11) is 1.65. The number of nitrogens with zero attached hydrogens (tertiary/aromatic N) is 3. The number of hydrogen-bond acceptors (Lipinski definition) is 6. The zero-order valence-corrected chi connectivity index (χ0v) is 22.5. The van der Waals surface area contributed by atoms with Gasteiger partial charge in [-0.2, -0.15) is 5.10 Å². The monoisotopic (exact) mass is 495 g/mol. The van der Waals surface area contributed by atoms with E-state index in [0.29, 0.717) is 49.8 Å². The van der Waals surface area contributed by atoms with Crippen molar-refractivity contribution in [1.82, 2.24) is 14.7 Å². The van der Waals surface area contributed by atoms with Crippen molar-refractivity contribution in [2.24, 2.45) is 11.8 Å².